The van der Waals surface area contributed by atoms with Crippen molar-refractivity contribution in [3.05, 3.63) is 409 Å². The Hall–Kier alpha value is -13.4. The highest BCUT2D eigenvalue weighted by atomic mass is 15.2. The lowest BCUT2D eigenvalue weighted by Crippen LogP contribution is -2.62. The van der Waals surface area contributed by atoms with Crippen LogP contribution >= 0.6 is 0 Å². The van der Waals surface area contributed by atoms with E-state index in [4.69, 9.17) is 6.85 Å². The molecule has 0 amide bonds. The summed E-state index contributed by atoms with van der Waals surface area (Å²) in [7, 11) is 0. The Labute approximate surface area is 693 Å². The summed E-state index contributed by atoms with van der Waals surface area (Å²) in [4.78, 5) is 6.31. The molecule has 114 heavy (non-hydrogen) atoms. The lowest BCUT2D eigenvalue weighted by atomic mass is 9.33. The number of para-hydroxylation sites is 5. The van der Waals surface area contributed by atoms with Gasteiger partial charge in [0.25, 0.3) is 6.71 Å². The van der Waals surface area contributed by atoms with Gasteiger partial charge in [0.05, 0.1) is 34.3 Å². The normalized spacial score (nSPS) is 14.6. The van der Waals surface area contributed by atoms with Gasteiger partial charge >= 0.3 is 0 Å². The van der Waals surface area contributed by atoms with Crippen LogP contribution in [-0.2, 0) is 30.2 Å². The molecule has 0 aliphatic carbocycles. The predicted octanol–water partition coefficient (Wildman–Crippen LogP) is 26.3. The highest BCUT2D eigenvalue weighted by Crippen LogP contribution is 2.48. The molecule has 2 aliphatic rings. The van der Waals surface area contributed by atoms with E-state index in [2.05, 4.69) is 191 Å². The van der Waals surface area contributed by atoms with Crippen molar-refractivity contribution in [1.82, 2.24) is 9.13 Å². The van der Waals surface area contributed by atoms with E-state index in [0.717, 1.165) is 100 Å². The maximum Gasteiger partial charge on any atom is 0.252 e. The van der Waals surface area contributed by atoms with E-state index in [1.165, 1.54) is 11.1 Å². The molecular formula is C108H88BN5. The van der Waals surface area contributed by atoms with Crippen LogP contribution in [-0.4, -0.2) is 22.4 Å². The summed E-state index contributed by atoms with van der Waals surface area (Å²) in [6.45, 7) is 13.1. The molecule has 18 aromatic rings. The fourth-order valence-electron chi connectivity index (χ4n) is 17.2. The summed E-state index contributed by atoms with van der Waals surface area (Å²) in [5, 5.41) is 0.465. The van der Waals surface area contributed by atoms with Crippen LogP contribution < -0.4 is 31.1 Å². The molecule has 0 atom stereocenters. The van der Waals surface area contributed by atoms with E-state index in [-0.39, 0.29) is 74.4 Å². The molecule has 16 aromatic carbocycles. The first-order valence-electron chi connectivity index (χ1n) is 47.4. The topological polar surface area (TPSA) is 19.6 Å². The third-order valence-corrected chi connectivity index (χ3v) is 22.7. The molecule has 0 saturated heterocycles. The van der Waals surface area contributed by atoms with Gasteiger partial charge in [-0.05, 0) is 233 Å². The lowest BCUT2D eigenvalue weighted by molar-refractivity contribution is 0.567. The van der Waals surface area contributed by atoms with Gasteiger partial charge in [0, 0.05) is 96.9 Å². The zero-order valence-corrected chi connectivity index (χ0v) is 64.1. The number of rotatable bonds is 16. The summed E-state index contributed by atoms with van der Waals surface area (Å²) in [6, 6.07) is 85.1. The molecule has 2 aromatic heterocycles. The quantitative estimate of drug-likeness (QED) is 0.0899. The molecule has 0 spiro atoms. The van der Waals surface area contributed by atoms with Gasteiger partial charge in [-0.15, -0.1) is 0 Å². The molecule has 2 aliphatic heterocycles. The number of nitrogens with zero attached hydrogens (tertiary/aromatic N) is 5. The van der Waals surface area contributed by atoms with Crippen LogP contribution in [0.5, 0.6) is 0 Å². The minimum Gasteiger partial charge on any atom is -0.342 e. The third-order valence-electron chi connectivity index (χ3n) is 22.7. The summed E-state index contributed by atoms with van der Waals surface area (Å²) in [6.07, 6.45) is 0.960. The molecule has 0 saturated carbocycles. The van der Waals surface area contributed by atoms with Crippen molar-refractivity contribution in [1.29, 1.82) is 0 Å². The van der Waals surface area contributed by atoms with Crippen molar-refractivity contribution in [2.45, 2.75) is 71.8 Å². The molecule has 0 unspecified atom stereocenters. The largest absolute Gasteiger partial charge is 0.342 e. The SMILES string of the molecule is [2H]c1c([2H])c([2H])c(N(c2ccccc2)c2ccc3c(c2)c2c([2H])c([2H])c([2H])c([2H])c2n3Cc2cc3c4c(c2)N(c2cc(-c5ccccc5)cc(-c5ccccc5)c2)c2cc(Cc5cc(C(C)(C)C)cc(C(C)(C)C)c5)ccc2B4c2ccc(-n4c5c([2H])c([2H])c([2H])c([2H])c5c5c([2H])c([2H])c([2H])c([2H])c54)cc2N3CCc2cc(-c3ccccc3)cc(-c3ccccc3)c2)c([2H])c1[2H]. The molecule has 4 heterocycles. The van der Waals surface area contributed by atoms with Crippen LogP contribution in [0.15, 0.2) is 376 Å². The first-order chi connectivity index (χ1) is 62.8. The van der Waals surface area contributed by atoms with Gasteiger partial charge in [0.15, 0.2) is 0 Å². The predicted molar refractivity (Wildman–Crippen MR) is 485 cm³/mol. The molecule has 5 nitrogen and oxygen atoms in total. The number of anilines is 8. The van der Waals surface area contributed by atoms with Crippen LogP contribution in [0, 0.1) is 0 Å². The molecular weight excluding hydrogens is 1380 g/mol. The first kappa shape index (κ1) is 53.5. The van der Waals surface area contributed by atoms with Crippen LogP contribution in [0.1, 0.15) is 98.2 Å². The van der Waals surface area contributed by atoms with E-state index < -0.39 is 97.3 Å². The average molecular weight is 1480 g/mol. The van der Waals surface area contributed by atoms with Gasteiger partial charge in [0.1, 0.15) is 0 Å². The van der Waals surface area contributed by atoms with Gasteiger partial charge in [0.2, 0.25) is 0 Å². The smallest absolute Gasteiger partial charge is 0.252 e. The van der Waals surface area contributed by atoms with Gasteiger partial charge < -0.3 is 23.8 Å². The standard InChI is InChI=1S/C108H88BN5/c1-107(2,3)85-60-75(61-86(69-85)108(4,5)6)57-73-49-52-97-103(62-73)114(91-67-83(79-35-17-9-18-36-79)66-84(68-91)80-37-19-10-20-38-80)105-64-76(72-111-98-46-28-25-45-94(98)95-70-89(51-54-99(95)111)112(87-39-21-11-22-40-87)88-41-23-12-24-42-88)63-104-106(105)109(97)96-53-50-90(113-100-47-29-26-43-92(100)93-44-27-30-48-101(93)113)71-102(96)110(104)56-55-74-58-81(77-31-13-7-14-32-77)65-82(59-74)78-33-15-8-16-34-78/h7-54,58-71H,55-57,72H2,1-6H3/i11D,21D,22D,25D,26D,27D,28D,29D,30D,39D,40D,43D,44D,45D,46D,47D,48D. The molecule has 20 rings (SSSR count). The second-order valence-corrected chi connectivity index (χ2v) is 32.0. The second kappa shape index (κ2) is 28.4. The monoisotopic (exact) mass is 1480 g/mol. The van der Waals surface area contributed by atoms with Crippen LogP contribution in [0.4, 0.5) is 45.5 Å². The average Bonchev–Trinajstić information content (AvgIpc) is 1.65. The third kappa shape index (κ3) is 12.7. The van der Waals surface area contributed by atoms with Crippen molar-refractivity contribution in [2.24, 2.45) is 0 Å². The Bertz CT molecular complexity index is 7530. The molecule has 6 heteroatoms. The zero-order chi connectivity index (χ0) is 91.6. The van der Waals surface area contributed by atoms with Gasteiger partial charge in [-0.2, -0.15) is 0 Å². The van der Waals surface area contributed by atoms with E-state index in [1.807, 2.05) is 102 Å². The van der Waals surface area contributed by atoms with E-state index in [1.54, 1.807) is 45.9 Å². The summed E-state index contributed by atoms with van der Waals surface area (Å²) in [5.41, 5.74) is 22.0. The van der Waals surface area contributed by atoms with Gasteiger partial charge in [-0.25, -0.2) is 0 Å². The van der Waals surface area contributed by atoms with Crippen molar-refractivity contribution in [3.63, 3.8) is 0 Å². The van der Waals surface area contributed by atoms with E-state index >= 15 is 0 Å². The Morgan fingerprint density at radius 1 is 0.325 bits per heavy atom. The van der Waals surface area contributed by atoms with Crippen LogP contribution in [0.25, 0.3) is 93.8 Å². The van der Waals surface area contributed by atoms with E-state index in [0.29, 0.717) is 52.1 Å². The van der Waals surface area contributed by atoms with Crippen LogP contribution in [0.3, 0.4) is 0 Å². The van der Waals surface area contributed by atoms with Gasteiger partial charge in [-0.3, -0.25) is 0 Å². The fourth-order valence-corrected chi connectivity index (χ4v) is 17.2. The molecule has 0 bridgehead atoms. The maximum absolute atomic E-state index is 10.2. The number of hydrogen-bond donors (Lipinski definition) is 0. The highest BCUT2D eigenvalue weighted by Gasteiger charge is 2.44. The first-order valence-corrected chi connectivity index (χ1v) is 38.9. The van der Waals surface area contributed by atoms with E-state index in [9.17, 15) is 16.4 Å². The van der Waals surface area contributed by atoms with Crippen molar-refractivity contribution < 1.29 is 23.3 Å². The summed E-state index contributed by atoms with van der Waals surface area (Å²) >= 11 is 0. The maximum atomic E-state index is 10.2. The fraction of sp³-hybridized carbons (Fsp3) is 0.111. The van der Waals surface area contributed by atoms with Crippen LogP contribution in [0.2, 0.25) is 0 Å². The van der Waals surface area contributed by atoms with Crippen molar-refractivity contribution >= 4 is 112 Å². The number of fused-ring (bicyclic) bond motifs is 10. The Morgan fingerprint density at radius 2 is 0.816 bits per heavy atom. The highest BCUT2D eigenvalue weighted by molar-refractivity contribution is 7.00. The zero-order valence-electron chi connectivity index (χ0n) is 81.1. The van der Waals surface area contributed by atoms with Crippen molar-refractivity contribution in [2.75, 3.05) is 21.2 Å². The minimum atomic E-state index is -0.606. The summed E-state index contributed by atoms with van der Waals surface area (Å²) < 4.78 is 164. The number of aromatic nitrogens is 2. The molecule has 0 fully saturated rings. The second-order valence-electron chi connectivity index (χ2n) is 32.0. The van der Waals surface area contributed by atoms with Crippen molar-refractivity contribution in [3.8, 4) is 50.2 Å². The van der Waals surface area contributed by atoms with Gasteiger partial charge in [-0.1, -0.05) is 302 Å². The lowest BCUT2D eigenvalue weighted by Gasteiger charge is -2.45. The number of hydrogen-bond acceptors (Lipinski definition) is 3. The number of benzene rings is 16. The Morgan fingerprint density at radius 3 is 1.39 bits per heavy atom. The summed E-state index contributed by atoms with van der Waals surface area (Å²) in [5.74, 6) is 0. The Kier molecular flexibility index (Phi) is 13.3. The Balaban J connectivity index is 0.906. The molecule has 0 N–H and O–H groups in total. The molecule has 548 valence electrons. The minimum absolute atomic E-state index is 0.0315. The molecule has 0 radical (unpaired) electrons.